The van der Waals surface area contributed by atoms with E-state index in [1.54, 1.807) is 42.4 Å². The minimum atomic E-state index is -3.57. The van der Waals surface area contributed by atoms with Crippen LogP contribution >= 0.6 is 0 Å². The highest BCUT2D eigenvalue weighted by molar-refractivity contribution is 7.89. The van der Waals surface area contributed by atoms with Crippen molar-refractivity contribution in [3.63, 3.8) is 0 Å². The minimum absolute atomic E-state index is 0.00258. The molecule has 1 unspecified atom stereocenters. The Labute approximate surface area is 203 Å². The molecule has 8 nitrogen and oxygen atoms in total. The van der Waals surface area contributed by atoms with Crippen LogP contribution in [0.5, 0.6) is 0 Å². The van der Waals surface area contributed by atoms with Gasteiger partial charge in [0.1, 0.15) is 0 Å². The average Bonchev–Trinajstić information content (AvgIpc) is 2.83. The van der Waals surface area contributed by atoms with E-state index in [9.17, 15) is 21.6 Å². The molecular formula is C24H33N3O5S2. The van der Waals surface area contributed by atoms with Gasteiger partial charge in [-0.25, -0.2) is 16.8 Å². The lowest BCUT2D eigenvalue weighted by Gasteiger charge is -2.32. The largest absolute Gasteiger partial charge is 0.378 e. The lowest BCUT2D eigenvalue weighted by Crippen LogP contribution is -2.41. The molecule has 0 amide bonds. The quantitative estimate of drug-likeness (QED) is 0.493. The van der Waals surface area contributed by atoms with E-state index in [1.165, 1.54) is 28.6 Å². The topological polar surface area (TPSA) is 104 Å². The Balaban J connectivity index is 1.63. The number of hydrogen-bond donors (Lipinski definition) is 1. The Morgan fingerprint density at radius 1 is 0.941 bits per heavy atom. The van der Waals surface area contributed by atoms with Crippen LogP contribution in [0.15, 0.2) is 58.3 Å². The second kappa shape index (κ2) is 11.0. The zero-order valence-corrected chi connectivity index (χ0v) is 21.5. The van der Waals surface area contributed by atoms with Crippen LogP contribution in [0.4, 0.5) is 5.69 Å². The molecule has 1 atom stereocenters. The Morgan fingerprint density at radius 2 is 1.53 bits per heavy atom. The van der Waals surface area contributed by atoms with Crippen molar-refractivity contribution in [2.75, 3.05) is 31.5 Å². The smallest absolute Gasteiger partial charge is 0.243 e. The number of piperidine rings is 1. The van der Waals surface area contributed by atoms with E-state index < -0.39 is 20.0 Å². The fraction of sp³-hybridized carbons (Fsp3) is 0.458. The van der Waals surface area contributed by atoms with E-state index in [-0.39, 0.29) is 28.2 Å². The first-order chi connectivity index (χ1) is 16.1. The Bertz CT molecular complexity index is 1190. The third-order valence-electron chi connectivity index (χ3n) is 6.18. The monoisotopic (exact) mass is 507 g/mol. The molecule has 1 heterocycles. The molecule has 186 valence electrons. The van der Waals surface area contributed by atoms with E-state index in [2.05, 4.69) is 5.32 Å². The van der Waals surface area contributed by atoms with Gasteiger partial charge < -0.3 is 5.32 Å². The van der Waals surface area contributed by atoms with E-state index in [0.29, 0.717) is 30.9 Å². The second-order valence-electron chi connectivity index (χ2n) is 8.38. The zero-order valence-electron chi connectivity index (χ0n) is 19.9. The van der Waals surface area contributed by atoms with E-state index in [0.717, 1.165) is 19.3 Å². The molecule has 10 heteroatoms. The standard InChI is InChI=1S/C24H33N3O5S2/c1-4-26(5-2)33(29,30)22-13-9-20(10-14-22)24(28)18-25-21-11-15-23(16-12-21)34(31,32)27-17-7-6-8-19(27)3/h9-16,19,25H,4-8,17-18H2,1-3H3. The Morgan fingerprint density at radius 3 is 2.09 bits per heavy atom. The van der Waals surface area contributed by atoms with Crippen molar-refractivity contribution in [1.29, 1.82) is 0 Å². The van der Waals surface area contributed by atoms with Crippen molar-refractivity contribution >= 4 is 31.5 Å². The summed E-state index contributed by atoms with van der Waals surface area (Å²) in [6.07, 6.45) is 2.77. The van der Waals surface area contributed by atoms with Crippen LogP contribution in [0, 0.1) is 0 Å². The van der Waals surface area contributed by atoms with Gasteiger partial charge in [0.2, 0.25) is 20.0 Å². The summed E-state index contributed by atoms with van der Waals surface area (Å²) in [5.41, 5.74) is 1.02. The summed E-state index contributed by atoms with van der Waals surface area (Å²) in [6, 6.07) is 12.3. The van der Waals surface area contributed by atoms with Crippen LogP contribution in [0.3, 0.4) is 0 Å². The summed E-state index contributed by atoms with van der Waals surface area (Å²) >= 11 is 0. The summed E-state index contributed by atoms with van der Waals surface area (Å²) < 4.78 is 54.0. The van der Waals surface area contributed by atoms with Crippen LogP contribution in [0.2, 0.25) is 0 Å². The Kier molecular flexibility index (Phi) is 8.51. The zero-order chi connectivity index (χ0) is 24.9. The summed E-state index contributed by atoms with van der Waals surface area (Å²) in [6.45, 7) is 6.77. The molecule has 1 aliphatic rings. The van der Waals surface area contributed by atoms with Gasteiger partial charge in [-0.05, 0) is 68.3 Å². The number of anilines is 1. The molecule has 0 aliphatic carbocycles. The number of rotatable bonds is 10. The van der Waals surface area contributed by atoms with E-state index in [1.807, 2.05) is 6.92 Å². The lowest BCUT2D eigenvalue weighted by atomic mass is 10.1. The first-order valence-electron chi connectivity index (χ1n) is 11.6. The molecule has 1 N–H and O–H groups in total. The molecular weight excluding hydrogens is 474 g/mol. The normalized spacial score (nSPS) is 17.6. The number of nitrogens with zero attached hydrogens (tertiary/aromatic N) is 2. The average molecular weight is 508 g/mol. The van der Waals surface area contributed by atoms with Crippen molar-refractivity contribution in [3.05, 3.63) is 54.1 Å². The molecule has 0 spiro atoms. The molecule has 0 bridgehead atoms. The molecule has 0 radical (unpaired) electrons. The molecule has 1 saturated heterocycles. The van der Waals surface area contributed by atoms with Gasteiger partial charge in [-0.3, -0.25) is 4.79 Å². The van der Waals surface area contributed by atoms with Crippen LogP contribution in [0.25, 0.3) is 0 Å². The fourth-order valence-corrected chi connectivity index (χ4v) is 7.28. The van der Waals surface area contributed by atoms with Crippen LogP contribution < -0.4 is 5.32 Å². The summed E-state index contributed by atoms with van der Waals surface area (Å²) in [4.78, 5) is 13.0. The second-order valence-corrected chi connectivity index (χ2v) is 12.2. The SMILES string of the molecule is CCN(CC)S(=O)(=O)c1ccc(C(=O)CNc2ccc(S(=O)(=O)N3CCCCC3C)cc2)cc1. The molecule has 1 aliphatic heterocycles. The highest BCUT2D eigenvalue weighted by Gasteiger charge is 2.30. The predicted octanol–water partition coefficient (Wildman–Crippen LogP) is 3.58. The Hall–Kier alpha value is -2.27. The van der Waals surface area contributed by atoms with Gasteiger partial charge in [-0.15, -0.1) is 0 Å². The molecule has 2 aromatic carbocycles. The van der Waals surface area contributed by atoms with Crippen LogP contribution in [0.1, 0.15) is 50.4 Å². The lowest BCUT2D eigenvalue weighted by molar-refractivity contribution is 0.101. The maximum atomic E-state index is 12.9. The maximum Gasteiger partial charge on any atom is 0.243 e. The van der Waals surface area contributed by atoms with E-state index >= 15 is 0 Å². The number of benzene rings is 2. The van der Waals surface area contributed by atoms with Crippen molar-refractivity contribution < 1.29 is 21.6 Å². The van der Waals surface area contributed by atoms with Crippen molar-refractivity contribution in [3.8, 4) is 0 Å². The highest BCUT2D eigenvalue weighted by Crippen LogP contribution is 2.26. The molecule has 34 heavy (non-hydrogen) atoms. The number of nitrogens with one attached hydrogen (secondary N) is 1. The number of ketones is 1. The molecule has 1 fully saturated rings. The van der Waals surface area contributed by atoms with Crippen molar-refractivity contribution in [1.82, 2.24) is 8.61 Å². The van der Waals surface area contributed by atoms with Gasteiger partial charge in [0.15, 0.2) is 5.78 Å². The predicted molar refractivity (Wildman–Crippen MR) is 133 cm³/mol. The van der Waals surface area contributed by atoms with Crippen LogP contribution in [-0.4, -0.2) is 63.5 Å². The first kappa shape index (κ1) is 26.3. The molecule has 0 saturated carbocycles. The van der Waals surface area contributed by atoms with Gasteiger partial charge in [0, 0.05) is 36.9 Å². The van der Waals surface area contributed by atoms with Gasteiger partial charge in [0.05, 0.1) is 16.3 Å². The molecule has 0 aromatic heterocycles. The van der Waals surface area contributed by atoms with Gasteiger partial charge in [0.25, 0.3) is 0 Å². The van der Waals surface area contributed by atoms with Crippen molar-refractivity contribution in [2.24, 2.45) is 0 Å². The maximum absolute atomic E-state index is 12.9. The summed E-state index contributed by atoms with van der Waals surface area (Å²) in [5, 5.41) is 3.01. The molecule has 2 aromatic rings. The number of Topliss-reactive ketones (excluding diaryl/α,β-unsaturated/α-hetero) is 1. The van der Waals surface area contributed by atoms with Gasteiger partial charge in [-0.2, -0.15) is 8.61 Å². The fourth-order valence-electron chi connectivity index (χ4n) is 4.12. The van der Waals surface area contributed by atoms with Gasteiger partial charge in [-0.1, -0.05) is 20.3 Å². The number of carbonyl (C=O) groups is 1. The number of hydrogen-bond acceptors (Lipinski definition) is 6. The minimum Gasteiger partial charge on any atom is -0.378 e. The number of carbonyl (C=O) groups excluding carboxylic acids is 1. The first-order valence-corrected chi connectivity index (χ1v) is 14.5. The van der Waals surface area contributed by atoms with Gasteiger partial charge >= 0.3 is 0 Å². The third-order valence-corrected chi connectivity index (χ3v) is 10.3. The third kappa shape index (κ3) is 5.68. The highest BCUT2D eigenvalue weighted by atomic mass is 32.2. The summed E-state index contributed by atoms with van der Waals surface area (Å²) in [7, 11) is -7.12. The van der Waals surface area contributed by atoms with E-state index in [4.69, 9.17) is 0 Å². The molecule has 3 rings (SSSR count). The van der Waals surface area contributed by atoms with Crippen molar-refractivity contribution in [2.45, 2.75) is 55.9 Å². The van der Waals surface area contributed by atoms with Crippen LogP contribution in [-0.2, 0) is 20.0 Å². The number of sulfonamides is 2. The summed E-state index contributed by atoms with van der Waals surface area (Å²) in [5.74, 6) is -0.203.